The lowest BCUT2D eigenvalue weighted by atomic mass is 10.1. The second-order valence-corrected chi connectivity index (χ2v) is 8.65. The summed E-state index contributed by atoms with van der Waals surface area (Å²) in [6, 6.07) is 13.4. The van der Waals surface area contributed by atoms with E-state index in [-0.39, 0.29) is 5.91 Å². The smallest absolute Gasteiger partial charge is 0.248 e. The summed E-state index contributed by atoms with van der Waals surface area (Å²) in [6.45, 7) is 4.30. The number of pyridine rings is 1. The van der Waals surface area contributed by atoms with Crippen LogP contribution in [-0.4, -0.2) is 56.3 Å². The molecule has 0 bridgehead atoms. The summed E-state index contributed by atoms with van der Waals surface area (Å²) in [7, 11) is 3.61. The minimum absolute atomic E-state index is 0.281. The third kappa shape index (κ3) is 7.26. The third-order valence-electron chi connectivity index (χ3n) is 5.10. The molecule has 9 heteroatoms. The zero-order valence-electron chi connectivity index (χ0n) is 20.0. The standard InChI is InChI=1S/C26H28BrN5O3/c1-4-35-24-15-22-21(14-23(24)31-25(33)9-6-10-32(2)11-12-34-3)26(18(16-28)17-29-22)30-20-8-5-7-19(27)13-20/h5-9,13-15,17H,4,10-12H2,1-3H3,(H,29,30)(H,31,33)/b9-6+. The van der Waals surface area contributed by atoms with Crippen LogP contribution >= 0.6 is 15.9 Å². The van der Waals surface area contributed by atoms with Gasteiger partial charge in [0.15, 0.2) is 0 Å². The number of nitrogens with zero attached hydrogens (tertiary/aromatic N) is 3. The number of nitriles is 1. The number of carbonyl (C=O) groups is 1. The van der Waals surface area contributed by atoms with Gasteiger partial charge in [0.25, 0.3) is 0 Å². The summed E-state index contributed by atoms with van der Waals surface area (Å²) < 4.78 is 11.7. The van der Waals surface area contributed by atoms with Gasteiger partial charge in [0.1, 0.15) is 11.8 Å². The quantitative estimate of drug-likeness (QED) is 0.329. The second-order valence-electron chi connectivity index (χ2n) is 7.74. The Labute approximate surface area is 213 Å². The predicted octanol–water partition coefficient (Wildman–Crippen LogP) is 5.08. The van der Waals surface area contributed by atoms with Gasteiger partial charge in [-0.15, -0.1) is 0 Å². The van der Waals surface area contributed by atoms with Crippen molar-refractivity contribution >= 4 is 49.8 Å². The number of anilines is 3. The van der Waals surface area contributed by atoms with E-state index in [9.17, 15) is 10.1 Å². The van der Waals surface area contributed by atoms with Gasteiger partial charge in [-0.3, -0.25) is 9.78 Å². The fourth-order valence-electron chi connectivity index (χ4n) is 3.37. The van der Waals surface area contributed by atoms with Gasteiger partial charge in [0.05, 0.1) is 35.7 Å². The molecule has 35 heavy (non-hydrogen) atoms. The molecule has 8 nitrogen and oxygen atoms in total. The van der Waals surface area contributed by atoms with E-state index in [0.717, 1.165) is 16.7 Å². The largest absolute Gasteiger partial charge is 0.492 e. The lowest BCUT2D eigenvalue weighted by molar-refractivity contribution is -0.111. The van der Waals surface area contributed by atoms with Gasteiger partial charge in [-0.1, -0.05) is 28.1 Å². The Morgan fingerprint density at radius 1 is 1.31 bits per heavy atom. The average Bonchev–Trinajstić information content (AvgIpc) is 2.83. The lowest BCUT2D eigenvalue weighted by Crippen LogP contribution is -2.23. The molecule has 0 aliphatic rings. The van der Waals surface area contributed by atoms with Gasteiger partial charge in [0.2, 0.25) is 5.91 Å². The number of ether oxygens (including phenoxy) is 2. The third-order valence-corrected chi connectivity index (χ3v) is 5.60. The van der Waals surface area contributed by atoms with Crippen molar-refractivity contribution in [3.63, 3.8) is 0 Å². The van der Waals surface area contributed by atoms with E-state index in [2.05, 4.69) is 37.6 Å². The molecule has 0 fully saturated rings. The number of likely N-dealkylation sites (N-methyl/N-ethyl adjacent to an activating group) is 1. The molecule has 0 spiro atoms. The Hall–Kier alpha value is -3.45. The zero-order valence-corrected chi connectivity index (χ0v) is 21.6. The van der Waals surface area contributed by atoms with Gasteiger partial charge in [-0.2, -0.15) is 5.26 Å². The SMILES string of the molecule is CCOc1cc2ncc(C#N)c(Nc3cccc(Br)c3)c2cc1NC(=O)/C=C/CN(C)CCOC. The van der Waals surface area contributed by atoms with Crippen LogP contribution in [0, 0.1) is 11.3 Å². The summed E-state index contributed by atoms with van der Waals surface area (Å²) in [5.74, 6) is 0.223. The molecule has 0 saturated carbocycles. The Morgan fingerprint density at radius 2 is 2.14 bits per heavy atom. The normalized spacial score (nSPS) is 11.1. The molecule has 3 aromatic rings. The van der Waals surface area contributed by atoms with Crippen molar-refractivity contribution in [1.82, 2.24) is 9.88 Å². The van der Waals surface area contributed by atoms with Gasteiger partial charge in [-0.25, -0.2) is 0 Å². The molecule has 0 saturated heterocycles. The van der Waals surface area contributed by atoms with Crippen LogP contribution in [0.2, 0.25) is 0 Å². The molecule has 1 aromatic heterocycles. The summed E-state index contributed by atoms with van der Waals surface area (Å²) in [5.41, 5.74) is 2.93. The van der Waals surface area contributed by atoms with E-state index in [0.29, 0.717) is 53.3 Å². The van der Waals surface area contributed by atoms with Crippen molar-refractivity contribution < 1.29 is 14.3 Å². The second kappa shape index (κ2) is 12.9. The Morgan fingerprint density at radius 3 is 2.86 bits per heavy atom. The minimum atomic E-state index is -0.281. The van der Waals surface area contributed by atoms with Gasteiger partial charge >= 0.3 is 0 Å². The lowest BCUT2D eigenvalue weighted by Gasteiger charge is -2.16. The van der Waals surface area contributed by atoms with Crippen LogP contribution in [0.1, 0.15) is 12.5 Å². The Kier molecular flexibility index (Phi) is 9.61. The van der Waals surface area contributed by atoms with Gasteiger partial charge < -0.3 is 25.0 Å². The van der Waals surface area contributed by atoms with Crippen LogP contribution in [0.15, 0.2) is 59.2 Å². The van der Waals surface area contributed by atoms with Crippen molar-refractivity contribution in [2.75, 3.05) is 51.1 Å². The van der Waals surface area contributed by atoms with Crippen molar-refractivity contribution in [3.8, 4) is 11.8 Å². The number of hydrogen-bond acceptors (Lipinski definition) is 7. The van der Waals surface area contributed by atoms with Crippen LogP contribution in [-0.2, 0) is 9.53 Å². The molecular weight excluding hydrogens is 510 g/mol. The maximum Gasteiger partial charge on any atom is 0.248 e. The maximum atomic E-state index is 12.7. The molecule has 182 valence electrons. The average molecular weight is 538 g/mol. The summed E-state index contributed by atoms with van der Waals surface area (Å²) in [5, 5.41) is 16.6. The van der Waals surface area contributed by atoms with E-state index in [1.807, 2.05) is 43.1 Å². The molecule has 0 aliphatic carbocycles. The fraction of sp³-hybridized carbons (Fsp3) is 0.269. The molecular formula is C26H28BrN5O3. The van der Waals surface area contributed by atoms with Crippen LogP contribution in [0.25, 0.3) is 10.9 Å². The molecule has 0 atom stereocenters. The number of rotatable bonds is 11. The zero-order chi connectivity index (χ0) is 25.2. The molecule has 1 amide bonds. The summed E-state index contributed by atoms with van der Waals surface area (Å²) in [6.07, 6.45) is 4.81. The highest BCUT2D eigenvalue weighted by molar-refractivity contribution is 9.10. The summed E-state index contributed by atoms with van der Waals surface area (Å²) in [4.78, 5) is 19.1. The molecule has 2 aromatic carbocycles. The Bertz CT molecular complexity index is 1260. The molecule has 0 unspecified atom stereocenters. The fourth-order valence-corrected chi connectivity index (χ4v) is 3.77. The van der Waals surface area contributed by atoms with Gasteiger partial charge in [-0.05, 0) is 38.2 Å². The number of carbonyl (C=O) groups excluding carboxylic acids is 1. The Balaban J connectivity index is 1.94. The van der Waals surface area contributed by atoms with E-state index in [1.54, 1.807) is 25.3 Å². The minimum Gasteiger partial charge on any atom is -0.492 e. The first-order valence-corrected chi connectivity index (χ1v) is 11.9. The van der Waals surface area contributed by atoms with Crippen LogP contribution in [0.4, 0.5) is 17.1 Å². The van der Waals surface area contributed by atoms with Crippen molar-refractivity contribution in [2.24, 2.45) is 0 Å². The molecule has 0 aliphatic heterocycles. The first-order valence-electron chi connectivity index (χ1n) is 11.1. The number of fused-ring (bicyclic) bond motifs is 1. The van der Waals surface area contributed by atoms with E-state index in [4.69, 9.17) is 9.47 Å². The van der Waals surface area contributed by atoms with Crippen molar-refractivity contribution in [3.05, 3.63) is 64.8 Å². The molecule has 2 N–H and O–H groups in total. The first kappa shape index (κ1) is 26.2. The van der Waals surface area contributed by atoms with Crippen LogP contribution in [0.3, 0.4) is 0 Å². The molecule has 3 rings (SSSR count). The number of hydrogen-bond donors (Lipinski definition) is 2. The van der Waals surface area contributed by atoms with Gasteiger partial charge in [0, 0.05) is 54.1 Å². The highest BCUT2D eigenvalue weighted by Gasteiger charge is 2.15. The topological polar surface area (TPSA) is 99.5 Å². The maximum absolute atomic E-state index is 12.7. The van der Waals surface area contributed by atoms with E-state index >= 15 is 0 Å². The van der Waals surface area contributed by atoms with E-state index in [1.165, 1.54) is 12.3 Å². The highest BCUT2D eigenvalue weighted by atomic mass is 79.9. The number of amides is 1. The molecule has 1 heterocycles. The number of methoxy groups -OCH3 is 1. The number of benzene rings is 2. The number of aromatic nitrogens is 1. The molecule has 0 radical (unpaired) electrons. The number of halogens is 1. The van der Waals surface area contributed by atoms with Crippen LogP contribution < -0.4 is 15.4 Å². The predicted molar refractivity (Wildman–Crippen MR) is 142 cm³/mol. The first-order chi connectivity index (χ1) is 16.9. The monoisotopic (exact) mass is 537 g/mol. The number of nitrogens with one attached hydrogen (secondary N) is 2. The summed E-state index contributed by atoms with van der Waals surface area (Å²) >= 11 is 3.47. The van der Waals surface area contributed by atoms with Crippen LogP contribution in [0.5, 0.6) is 5.75 Å². The van der Waals surface area contributed by atoms with Crippen molar-refractivity contribution in [2.45, 2.75) is 6.92 Å². The highest BCUT2D eigenvalue weighted by Crippen LogP contribution is 2.36. The van der Waals surface area contributed by atoms with E-state index < -0.39 is 0 Å². The van der Waals surface area contributed by atoms with Crippen molar-refractivity contribution in [1.29, 1.82) is 5.26 Å².